The standard InChI is InChI=1S/C15H24N2O2/c1-4-5-6-10-19-15-8-7-13(2)17-14(15)12-16-9-11-18-3/h4,7-8,16H,1,5-6,9-12H2,2-3H3. The number of aryl methyl sites for hydroxylation is 1. The lowest BCUT2D eigenvalue weighted by Crippen LogP contribution is -2.20. The molecule has 0 aliphatic carbocycles. The zero-order valence-corrected chi connectivity index (χ0v) is 11.9. The number of nitrogens with zero attached hydrogens (tertiary/aromatic N) is 1. The molecule has 1 aromatic heterocycles. The maximum Gasteiger partial charge on any atom is 0.142 e. The van der Waals surface area contributed by atoms with Crippen molar-refractivity contribution in [3.05, 3.63) is 36.2 Å². The highest BCUT2D eigenvalue weighted by Gasteiger charge is 2.05. The van der Waals surface area contributed by atoms with Gasteiger partial charge in [0.25, 0.3) is 0 Å². The molecule has 0 aliphatic rings. The number of nitrogens with one attached hydrogen (secondary N) is 1. The smallest absolute Gasteiger partial charge is 0.142 e. The van der Waals surface area contributed by atoms with E-state index >= 15 is 0 Å². The van der Waals surface area contributed by atoms with E-state index in [0.29, 0.717) is 19.8 Å². The van der Waals surface area contributed by atoms with Crippen LogP contribution in [0, 0.1) is 6.92 Å². The largest absolute Gasteiger partial charge is 0.492 e. The SMILES string of the molecule is C=CCCCOc1ccc(C)nc1CNCCOC. The summed E-state index contributed by atoms with van der Waals surface area (Å²) in [6.07, 6.45) is 3.86. The van der Waals surface area contributed by atoms with Gasteiger partial charge < -0.3 is 14.8 Å². The molecule has 0 unspecified atom stereocenters. The minimum atomic E-state index is 0.696. The summed E-state index contributed by atoms with van der Waals surface area (Å²) in [6, 6.07) is 3.96. The lowest BCUT2D eigenvalue weighted by molar-refractivity contribution is 0.199. The third kappa shape index (κ3) is 6.36. The molecule has 1 aromatic rings. The molecule has 1 rings (SSSR count). The van der Waals surface area contributed by atoms with Gasteiger partial charge in [-0.25, -0.2) is 0 Å². The van der Waals surface area contributed by atoms with E-state index in [4.69, 9.17) is 9.47 Å². The highest BCUT2D eigenvalue weighted by Crippen LogP contribution is 2.17. The van der Waals surface area contributed by atoms with Crippen molar-refractivity contribution in [1.82, 2.24) is 10.3 Å². The van der Waals surface area contributed by atoms with Gasteiger partial charge in [0, 0.05) is 25.9 Å². The Bertz CT molecular complexity index is 380. The summed E-state index contributed by atoms with van der Waals surface area (Å²) in [5.41, 5.74) is 1.96. The number of hydrogen-bond donors (Lipinski definition) is 1. The van der Waals surface area contributed by atoms with Crippen LogP contribution in [-0.4, -0.2) is 31.9 Å². The van der Waals surface area contributed by atoms with Crippen LogP contribution in [0.4, 0.5) is 0 Å². The number of methoxy groups -OCH3 is 1. The molecule has 1 heterocycles. The number of unbranched alkanes of at least 4 members (excludes halogenated alkanes) is 1. The van der Waals surface area contributed by atoms with E-state index in [0.717, 1.165) is 36.5 Å². The number of pyridine rings is 1. The third-order valence-corrected chi connectivity index (χ3v) is 2.66. The monoisotopic (exact) mass is 264 g/mol. The highest BCUT2D eigenvalue weighted by molar-refractivity contribution is 5.29. The molecule has 0 bridgehead atoms. The summed E-state index contributed by atoms with van der Waals surface area (Å²) in [4.78, 5) is 4.52. The molecule has 0 aromatic carbocycles. The Hall–Kier alpha value is -1.39. The number of ether oxygens (including phenoxy) is 2. The summed E-state index contributed by atoms with van der Waals surface area (Å²) >= 11 is 0. The molecule has 0 fully saturated rings. The van der Waals surface area contributed by atoms with Crippen molar-refractivity contribution in [1.29, 1.82) is 0 Å². The first-order valence-electron chi connectivity index (χ1n) is 6.67. The minimum Gasteiger partial charge on any atom is -0.492 e. The first-order valence-corrected chi connectivity index (χ1v) is 6.67. The molecule has 0 atom stereocenters. The van der Waals surface area contributed by atoms with Crippen LogP contribution in [-0.2, 0) is 11.3 Å². The Balaban J connectivity index is 2.50. The molecule has 0 amide bonds. The zero-order valence-electron chi connectivity index (χ0n) is 11.9. The van der Waals surface area contributed by atoms with Crippen molar-refractivity contribution in [2.24, 2.45) is 0 Å². The quantitative estimate of drug-likeness (QED) is 0.521. The molecule has 1 N–H and O–H groups in total. The van der Waals surface area contributed by atoms with Crippen LogP contribution < -0.4 is 10.1 Å². The number of allylic oxidation sites excluding steroid dienone is 1. The van der Waals surface area contributed by atoms with E-state index in [1.54, 1.807) is 7.11 Å². The number of hydrogen-bond acceptors (Lipinski definition) is 4. The average molecular weight is 264 g/mol. The predicted octanol–water partition coefficient (Wildman–Crippen LogP) is 2.47. The fourth-order valence-corrected chi connectivity index (χ4v) is 1.65. The molecule has 4 heteroatoms. The molecule has 0 radical (unpaired) electrons. The van der Waals surface area contributed by atoms with E-state index < -0.39 is 0 Å². The van der Waals surface area contributed by atoms with Crippen LogP contribution in [0.15, 0.2) is 24.8 Å². The topological polar surface area (TPSA) is 43.4 Å². The molecule has 0 saturated carbocycles. The third-order valence-electron chi connectivity index (χ3n) is 2.66. The van der Waals surface area contributed by atoms with Gasteiger partial charge in [0.15, 0.2) is 0 Å². The second-order valence-corrected chi connectivity index (χ2v) is 4.35. The van der Waals surface area contributed by atoms with E-state index in [9.17, 15) is 0 Å². The average Bonchev–Trinajstić information content (AvgIpc) is 2.41. The van der Waals surface area contributed by atoms with E-state index in [1.165, 1.54) is 0 Å². The first-order chi connectivity index (χ1) is 9.27. The Morgan fingerprint density at radius 2 is 2.21 bits per heavy atom. The molecule has 4 nitrogen and oxygen atoms in total. The van der Waals surface area contributed by atoms with Crippen LogP contribution >= 0.6 is 0 Å². The van der Waals surface area contributed by atoms with E-state index in [-0.39, 0.29) is 0 Å². The normalized spacial score (nSPS) is 10.4. The Morgan fingerprint density at radius 3 is 2.95 bits per heavy atom. The molecular formula is C15H24N2O2. The highest BCUT2D eigenvalue weighted by atomic mass is 16.5. The van der Waals surface area contributed by atoms with Crippen LogP contribution in [0.25, 0.3) is 0 Å². The fraction of sp³-hybridized carbons (Fsp3) is 0.533. The van der Waals surface area contributed by atoms with Crippen molar-refractivity contribution in [2.75, 3.05) is 26.9 Å². The Kier molecular flexibility index (Phi) is 7.86. The number of rotatable bonds is 10. The lowest BCUT2D eigenvalue weighted by Gasteiger charge is -2.12. The van der Waals surface area contributed by atoms with Crippen LogP contribution in [0.3, 0.4) is 0 Å². The Labute approximate surface area is 115 Å². The van der Waals surface area contributed by atoms with Gasteiger partial charge in [-0.15, -0.1) is 6.58 Å². The molecule has 0 aliphatic heterocycles. The molecule has 0 saturated heterocycles. The van der Waals surface area contributed by atoms with Crippen LogP contribution in [0.2, 0.25) is 0 Å². The van der Waals surface area contributed by atoms with Gasteiger partial charge in [-0.1, -0.05) is 6.08 Å². The van der Waals surface area contributed by atoms with Crippen molar-refractivity contribution in [3.8, 4) is 5.75 Å². The van der Waals surface area contributed by atoms with Gasteiger partial charge in [-0.2, -0.15) is 0 Å². The molecular weight excluding hydrogens is 240 g/mol. The van der Waals surface area contributed by atoms with E-state index in [2.05, 4.69) is 16.9 Å². The van der Waals surface area contributed by atoms with Gasteiger partial charge in [0.2, 0.25) is 0 Å². The van der Waals surface area contributed by atoms with Crippen molar-refractivity contribution in [3.63, 3.8) is 0 Å². The molecule has 19 heavy (non-hydrogen) atoms. The lowest BCUT2D eigenvalue weighted by atomic mass is 10.2. The van der Waals surface area contributed by atoms with Gasteiger partial charge in [-0.05, 0) is 31.9 Å². The zero-order chi connectivity index (χ0) is 13.9. The van der Waals surface area contributed by atoms with E-state index in [1.807, 2.05) is 25.1 Å². The second-order valence-electron chi connectivity index (χ2n) is 4.35. The summed E-state index contributed by atoms with van der Waals surface area (Å²) in [6.45, 7) is 8.58. The van der Waals surface area contributed by atoms with Crippen LogP contribution in [0.5, 0.6) is 5.75 Å². The molecule has 0 spiro atoms. The summed E-state index contributed by atoms with van der Waals surface area (Å²) < 4.78 is 10.8. The minimum absolute atomic E-state index is 0.696. The first kappa shape index (κ1) is 15.7. The molecule has 106 valence electrons. The maximum absolute atomic E-state index is 5.77. The fourth-order valence-electron chi connectivity index (χ4n) is 1.65. The summed E-state index contributed by atoms with van der Waals surface area (Å²) in [7, 11) is 1.70. The summed E-state index contributed by atoms with van der Waals surface area (Å²) in [5, 5.41) is 3.29. The Morgan fingerprint density at radius 1 is 1.37 bits per heavy atom. The van der Waals surface area contributed by atoms with Crippen molar-refractivity contribution in [2.45, 2.75) is 26.3 Å². The maximum atomic E-state index is 5.77. The number of aromatic nitrogens is 1. The van der Waals surface area contributed by atoms with Crippen LogP contribution in [0.1, 0.15) is 24.2 Å². The van der Waals surface area contributed by atoms with Gasteiger partial charge >= 0.3 is 0 Å². The van der Waals surface area contributed by atoms with Gasteiger partial charge in [0.05, 0.1) is 18.9 Å². The van der Waals surface area contributed by atoms with Crippen molar-refractivity contribution >= 4 is 0 Å². The van der Waals surface area contributed by atoms with Crippen molar-refractivity contribution < 1.29 is 9.47 Å². The second kappa shape index (κ2) is 9.53. The summed E-state index contributed by atoms with van der Waals surface area (Å²) in [5.74, 6) is 0.861. The van der Waals surface area contributed by atoms with Gasteiger partial charge in [0.1, 0.15) is 5.75 Å². The predicted molar refractivity (Wildman–Crippen MR) is 77.5 cm³/mol. The van der Waals surface area contributed by atoms with Gasteiger partial charge in [-0.3, -0.25) is 4.98 Å².